The summed E-state index contributed by atoms with van der Waals surface area (Å²) in [6, 6.07) is 6.37. The zero-order valence-corrected chi connectivity index (χ0v) is 10.7. The van der Waals surface area contributed by atoms with Crippen LogP contribution in [0.3, 0.4) is 0 Å². The van der Waals surface area contributed by atoms with Gasteiger partial charge in [-0.15, -0.1) is 0 Å². The van der Waals surface area contributed by atoms with Gasteiger partial charge in [-0.3, -0.25) is 14.9 Å². The van der Waals surface area contributed by atoms with Crippen molar-refractivity contribution >= 4 is 22.6 Å². The average Bonchev–Trinajstić information content (AvgIpc) is 2.70. The standard InChI is InChI=1S/C13H14N2O4/c1-9(2)19-13(16)8-14-6-5-10-3-4-11(15(17)18)7-12(10)14/h3-7,9H,8H2,1-2H3. The first-order valence-electron chi connectivity index (χ1n) is 5.90. The topological polar surface area (TPSA) is 74.4 Å². The summed E-state index contributed by atoms with van der Waals surface area (Å²) in [5, 5.41) is 11.6. The molecule has 0 aliphatic carbocycles. The number of hydrogen-bond acceptors (Lipinski definition) is 4. The monoisotopic (exact) mass is 262 g/mol. The molecule has 1 aromatic carbocycles. The highest BCUT2D eigenvalue weighted by molar-refractivity contribution is 5.84. The smallest absolute Gasteiger partial charge is 0.326 e. The fourth-order valence-electron chi connectivity index (χ4n) is 1.86. The Balaban J connectivity index is 2.30. The van der Waals surface area contributed by atoms with Crippen molar-refractivity contribution in [3.05, 3.63) is 40.6 Å². The molecular formula is C13H14N2O4. The highest BCUT2D eigenvalue weighted by Crippen LogP contribution is 2.22. The van der Waals surface area contributed by atoms with E-state index in [1.807, 2.05) is 6.07 Å². The summed E-state index contributed by atoms with van der Waals surface area (Å²) in [6.45, 7) is 3.59. The molecule has 1 heterocycles. The quantitative estimate of drug-likeness (QED) is 0.482. The molecule has 100 valence electrons. The van der Waals surface area contributed by atoms with Crippen LogP contribution >= 0.6 is 0 Å². The number of hydrogen-bond donors (Lipinski definition) is 0. The molecule has 2 aromatic rings. The number of nitro groups is 1. The molecule has 0 bridgehead atoms. The number of fused-ring (bicyclic) bond motifs is 1. The zero-order valence-electron chi connectivity index (χ0n) is 10.7. The van der Waals surface area contributed by atoms with Crippen molar-refractivity contribution in [2.75, 3.05) is 0 Å². The normalized spacial score (nSPS) is 10.9. The van der Waals surface area contributed by atoms with Crippen LogP contribution in [0.15, 0.2) is 30.5 Å². The van der Waals surface area contributed by atoms with Gasteiger partial charge >= 0.3 is 5.97 Å². The van der Waals surface area contributed by atoms with Gasteiger partial charge in [0.2, 0.25) is 0 Å². The Morgan fingerprint density at radius 2 is 2.16 bits per heavy atom. The first-order chi connectivity index (χ1) is 8.97. The zero-order chi connectivity index (χ0) is 14.0. The van der Waals surface area contributed by atoms with E-state index in [0.717, 1.165) is 5.39 Å². The van der Waals surface area contributed by atoms with Crippen LogP contribution in [0, 0.1) is 10.1 Å². The van der Waals surface area contributed by atoms with Crippen molar-refractivity contribution < 1.29 is 14.5 Å². The van der Waals surface area contributed by atoms with Crippen molar-refractivity contribution in [1.82, 2.24) is 4.57 Å². The van der Waals surface area contributed by atoms with Crippen molar-refractivity contribution in [2.24, 2.45) is 0 Å². The lowest BCUT2D eigenvalue weighted by Crippen LogP contribution is -2.16. The molecule has 2 rings (SSSR count). The van der Waals surface area contributed by atoms with Gasteiger partial charge in [0, 0.05) is 23.7 Å². The number of nitro benzene ring substituents is 1. The number of nitrogens with zero attached hydrogens (tertiary/aromatic N) is 2. The molecular weight excluding hydrogens is 248 g/mol. The number of carbonyl (C=O) groups excluding carboxylic acids is 1. The van der Waals surface area contributed by atoms with E-state index in [1.165, 1.54) is 12.1 Å². The van der Waals surface area contributed by atoms with Crippen LogP contribution in [0.2, 0.25) is 0 Å². The molecule has 19 heavy (non-hydrogen) atoms. The molecule has 0 saturated heterocycles. The number of aromatic nitrogens is 1. The van der Waals surface area contributed by atoms with Crippen molar-refractivity contribution in [3.63, 3.8) is 0 Å². The Labute approximate surface area is 109 Å². The molecule has 6 heteroatoms. The third-order valence-corrected chi connectivity index (χ3v) is 2.63. The van der Waals surface area contributed by atoms with E-state index in [9.17, 15) is 14.9 Å². The predicted octanol–water partition coefficient (Wildman–Crippen LogP) is 2.50. The fraction of sp³-hybridized carbons (Fsp3) is 0.308. The van der Waals surface area contributed by atoms with Gasteiger partial charge in [-0.1, -0.05) is 0 Å². The van der Waals surface area contributed by atoms with Gasteiger partial charge in [-0.05, 0) is 26.0 Å². The summed E-state index contributed by atoms with van der Waals surface area (Å²) in [5.74, 6) is -0.362. The molecule has 0 N–H and O–H groups in total. The van der Waals surface area contributed by atoms with Crippen LogP contribution in [-0.2, 0) is 16.1 Å². The van der Waals surface area contributed by atoms with Gasteiger partial charge in [-0.25, -0.2) is 0 Å². The molecule has 0 fully saturated rings. The summed E-state index contributed by atoms with van der Waals surface area (Å²) >= 11 is 0. The van der Waals surface area contributed by atoms with Crippen LogP contribution in [0.25, 0.3) is 10.9 Å². The van der Waals surface area contributed by atoms with Gasteiger partial charge in [0.15, 0.2) is 0 Å². The van der Waals surface area contributed by atoms with E-state index >= 15 is 0 Å². The van der Waals surface area contributed by atoms with Gasteiger partial charge in [-0.2, -0.15) is 0 Å². The summed E-state index contributed by atoms with van der Waals surface area (Å²) < 4.78 is 6.70. The van der Waals surface area contributed by atoms with Crippen LogP contribution in [-0.4, -0.2) is 21.6 Å². The molecule has 0 radical (unpaired) electrons. The summed E-state index contributed by atoms with van der Waals surface area (Å²) in [5.41, 5.74) is 0.652. The minimum absolute atomic E-state index is 0.00433. The lowest BCUT2D eigenvalue weighted by atomic mass is 10.2. The SMILES string of the molecule is CC(C)OC(=O)Cn1ccc2ccc([N+](=O)[O-])cc21. The highest BCUT2D eigenvalue weighted by Gasteiger charge is 2.12. The van der Waals surface area contributed by atoms with E-state index in [2.05, 4.69) is 0 Å². The van der Waals surface area contributed by atoms with Gasteiger partial charge in [0.05, 0.1) is 16.5 Å². The number of benzene rings is 1. The molecule has 0 atom stereocenters. The first-order valence-corrected chi connectivity index (χ1v) is 5.90. The lowest BCUT2D eigenvalue weighted by Gasteiger charge is -2.09. The molecule has 0 aliphatic heterocycles. The number of esters is 1. The van der Waals surface area contributed by atoms with Crippen LogP contribution < -0.4 is 0 Å². The Hall–Kier alpha value is -2.37. The Kier molecular flexibility index (Phi) is 3.50. The molecule has 0 aliphatic rings. The maximum Gasteiger partial charge on any atom is 0.326 e. The van der Waals surface area contributed by atoms with Crippen molar-refractivity contribution in [3.8, 4) is 0 Å². The summed E-state index contributed by atoms with van der Waals surface area (Å²) in [4.78, 5) is 21.9. The predicted molar refractivity (Wildman–Crippen MR) is 69.8 cm³/mol. The Bertz CT molecular complexity index is 631. The van der Waals surface area contributed by atoms with E-state index < -0.39 is 4.92 Å². The van der Waals surface area contributed by atoms with E-state index in [4.69, 9.17) is 4.74 Å². The molecule has 0 amide bonds. The Morgan fingerprint density at radius 3 is 2.79 bits per heavy atom. The molecule has 1 aromatic heterocycles. The largest absolute Gasteiger partial charge is 0.462 e. The second kappa shape index (κ2) is 5.09. The summed E-state index contributed by atoms with van der Waals surface area (Å²) in [6.07, 6.45) is 1.54. The third kappa shape index (κ3) is 2.90. The maximum absolute atomic E-state index is 11.6. The summed E-state index contributed by atoms with van der Waals surface area (Å²) in [7, 11) is 0. The fourth-order valence-corrected chi connectivity index (χ4v) is 1.86. The molecule has 0 saturated carbocycles. The number of carbonyl (C=O) groups is 1. The minimum Gasteiger partial charge on any atom is -0.462 e. The molecule has 0 unspecified atom stereocenters. The van der Waals surface area contributed by atoms with Crippen LogP contribution in [0.1, 0.15) is 13.8 Å². The first kappa shape index (κ1) is 13.1. The van der Waals surface area contributed by atoms with Gasteiger partial charge in [0.25, 0.3) is 5.69 Å². The minimum atomic E-state index is -0.455. The highest BCUT2D eigenvalue weighted by atomic mass is 16.6. The lowest BCUT2D eigenvalue weighted by molar-refractivity contribution is -0.384. The third-order valence-electron chi connectivity index (χ3n) is 2.63. The van der Waals surface area contributed by atoms with E-state index in [0.29, 0.717) is 5.52 Å². The number of rotatable bonds is 4. The van der Waals surface area contributed by atoms with Gasteiger partial charge < -0.3 is 9.30 Å². The number of non-ortho nitro benzene ring substituents is 1. The van der Waals surface area contributed by atoms with Crippen molar-refractivity contribution in [1.29, 1.82) is 0 Å². The second-order valence-electron chi connectivity index (χ2n) is 4.48. The van der Waals surface area contributed by atoms with E-state index in [1.54, 1.807) is 30.7 Å². The number of ether oxygens (including phenoxy) is 1. The average molecular weight is 262 g/mol. The van der Waals surface area contributed by atoms with Crippen molar-refractivity contribution in [2.45, 2.75) is 26.5 Å². The molecule has 0 spiro atoms. The van der Waals surface area contributed by atoms with E-state index in [-0.39, 0.29) is 24.3 Å². The molecule has 6 nitrogen and oxygen atoms in total. The van der Waals surface area contributed by atoms with Crippen LogP contribution in [0.5, 0.6) is 0 Å². The van der Waals surface area contributed by atoms with Crippen LogP contribution in [0.4, 0.5) is 5.69 Å². The second-order valence-corrected chi connectivity index (χ2v) is 4.48. The Morgan fingerprint density at radius 1 is 1.42 bits per heavy atom. The van der Waals surface area contributed by atoms with Gasteiger partial charge in [0.1, 0.15) is 6.54 Å². The maximum atomic E-state index is 11.6.